The molecule has 0 bridgehead atoms. The lowest BCUT2D eigenvalue weighted by Gasteiger charge is -2.21. The molecule has 15 heavy (non-hydrogen) atoms. The van der Waals surface area contributed by atoms with Crippen LogP contribution in [-0.2, 0) is 3.79 Å². The monoisotopic (exact) mass is 265 g/mol. The first-order valence-corrected chi connectivity index (χ1v) is 6.04. The number of hydrogen-bond donors (Lipinski definition) is 0. The van der Waals surface area contributed by atoms with Gasteiger partial charge >= 0.3 is 0 Å². The Morgan fingerprint density at radius 3 is 1.80 bits per heavy atom. The van der Waals surface area contributed by atoms with Gasteiger partial charge in [0.05, 0.1) is 0 Å². The molecule has 0 amide bonds. The summed E-state index contributed by atoms with van der Waals surface area (Å²) in [4.78, 5) is 2.24. The molecule has 84 valence electrons. The van der Waals surface area contributed by atoms with Crippen LogP contribution < -0.4 is 4.90 Å². The van der Waals surface area contributed by atoms with Gasteiger partial charge < -0.3 is 4.90 Å². The van der Waals surface area contributed by atoms with E-state index in [0.717, 1.165) is 18.8 Å². The van der Waals surface area contributed by atoms with Gasteiger partial charge in [0.2, 0.25) is 3.79 Å². The van der Waals surface area contributed by atoms with Crippen molar-refractivity contribution in [2.24, 2.45) is 0 Å². The van der Waals surface area contributed by atoms with Crippen molar-refractivity contribution in [3.8, 4) is 0 Å². The van der Waals surface area contributed by atoms with Crippen LogP contribution in [0.1, 0.15) is 19.4 Å². The molecular formula is C11H14Cl3N. The van der Waals surface area contributed by atoms with Crippen LogP contribution in [0.5, 0.6) is 0 Å². The molecule has 0 atom stereocenters. The number of rotatable bonds is 3. The van der Waals surface area contributed by atoms with Crippen molar-refractivity contribution in [3.63, 3.8) is 0 Å². The Balaban J connectivity index is 2.89. The first-order chi connectivity index (χ1) is 6.99. The Kier molecular flexibility index (Phi) is 4.57. The fourth-order valence-electron chi connectivity index (χ4n) is 1.45. The third kappa shape index (κ3) is 3.44. The Bertz CT molecular complexity index is 299. The number of alkyl halides is 3. The summed E-state index contributed by atoms with van der Waals surface area (Å²) in [6.07, 6.45) is 0. The van der Waals surface area contributed by atoms with E-state index < -0.39 is 3.79 Å². The predicted octanol–water partition coefficient (Wildman–Crippen LogP) is 4.36. The highest BCUT2D eigenvalue weighted by molar-refractivity contribution is 6.66. The summed E-state index contributed by atoms with van der Waals surface area (Å²) in [5, 5.41) is 0. The van der Waals surface area contributed by atoms with E-state index in [-0.39, 0.29) is 0 Å². The minimum Gasteiger partial charge on any atom is -0.372 e. The van der Waals surface area contributed by atoms with Gasteiger partial charge in [-0.05, 0) is 26.0 Å². The number of benzene rings is 1. The zero-order chi connectivity index (χ0) is 11.5. The molecule has 0 aliphatic heterocycles. The average Bonchev–Trinajstić information content (AvgIpc) is 2.19. The lowest BCUT2D eigenvalue weighted by Crippen LogP contribution is -2.21. The smallest absolute Gasteiger partial charge is 0.216 e. The van der Waals surface area contributed by atoms with E-state index in [4.69, 9.17) is 34.8 Å². The average molecular weight is 267 g/mol. The summed E-state index contributed by atoms with van der Waals surface area (Å²) in [7, 11) is 0. The van der Waals surface area contributed by atoms with Crippen LogP contribution in [0, 0.1) is 0 Å². The summed E-state index contributed by atoms with van der Waals surface area (Å²) in [5.74, 6) is 0. The fraction of sp³-hybridized carbons (Fsp3) is 0.455. The summed E-state index contributed by atoms with van der Waals surface area (Å²) in [6.45, 7) is 6.19. The SMILES string of the molecule is CCN(CC)c1ccc(C(Cl)(Cl)Cl)cc1. The summed E-state index contributed by atoms with van der Waals surface area (Å²) < 4.78 is -1.33. The van der Waals surface area contributed by atoms with Gasteiger partial charge in [-0.1, -0.05) is 46.9 Å². The van der Waals surface area contributed by atoms with Crippen molar-refractivity contribution in [3.05, 3.63) is 29.8 Å². The van der Waals surface area contributed by atoms with Crippen molar-refractivity contribution >= 4 is 40.5 Å². The normalized spacial score (nSPS) is 11.5. The van der Waals surface area contributed by atoms with E-state index in [0.29, 0.717) is 5.56 Å². The zero-order valence-electron chi connectivity index (χ0n) is 8.80. The van der Waals surface area contributed by atoms with Crippen LogP contribution in [0.3, 0.4) is 0 Å². The van der Waals surface area contributed by atoms with E-state index in [1.165, 1.54) is 0 Å². The highest BCUT2D eigenvalue weighted by atomic mass is 35.6. The minimum absolute atomic E-state index is 0.698. The largest absolute Gasteiger partial charge is 0.372 e. The molecule has 1 aromatic rings. The third-order valence-electron chi connectivity index (χ3n) is 2.32. The lowest BCUT2D eigenvalue weighted by atomic mass is 10.2. The highest BCUT2D eigenvalue weighted by Crippen LogP contribution is 2.38. The Morgan fingerprint density at radius 1 is 1.00 bits per heavy atom. The van der Waals surface area contributed by atoms with Gasteiger partial charge in [0, 0.05) is 24.3 Å². The van der Waals surface area contributed by atoms with Crippen molar-refractivity contribution in [2.75, 3.05) is 18.0 Å². The first kappa shape index (κ1) is 13.0. The van der Waals surface area contributed by atoms with Crippen LogP contribution >= 0.6 is 34.8 Å². The van der Waals surface area contributed by atoms with Gasteiger partial charge in [0.25, 0.3) is 0 Å². The molecule has 1 nitrogen and oxygen atoms in total. The standard InChI is InChI=1S/C11H14Cl3N/c1-3-15(4-2)10-7-5-9(6-8-10)11(12,13)14/h5-8H,3-4H2,1-2H3. The molecule has 0 aromatic heterocycles. The first-order valence-electron chi connectivity index (χ1n) is 4.91. The van der Waals surface area contributed by atoms with Crippen molar-refractivity contribution in [1.29, 1.82) is 0 Å². The third-order valence-corrected chi connectivity index (χ3v) is 2.98. The maximum absolute atomic E-state index is 5.78. The number of halogens is 3. The van der Waals surface area contributed by atoms with Crippen LogP contribution in [0.4, 0.5) is 5.69 Å². The lowest BCUT2D eigenvalue weighted by molar-refractivity contribution is 0.866. The Morgan fingerprint density at radius 2 is 1.47 bits per heavy atom. The van der Waals surface area contributed by atoms with Gasteiger partial charge in [0.15, 0.2) is 0 Å². The molecule has 0 fully saturated rings. The molecule has 0 aliphatic carbocycles. The topological polar surface area (TPSA) is 3.24 Å². The van der Waals surface area contributed by atoms with E-state index >= 15 is 0 Å². The molecule has 1 aromatic carbocycles. The van der Waals surface area contributed by atoms with Crippen LogP contribution in [0.25, 0.3) is 0 Å². The molecule has 4 heteroatoms. The predicted molar refractivity (Wildman–Crippen MR) is 69.2 cm³/mol. The second-order valence-electron chi connectivity index (χ2n) is 3.22. The van der Waals surface area contributed by atoms with Crippen LogP contribution in [-0.4, -0.2) is 13.1 Å². The number of hydrogen-bond acceptors (Lipinski definition) is 1. The second kappa shape index (κ2) is 5.29. The van der Waals surface area contributed by atoms with E-state index in [9.17, 15) is 0 Å². The van der Waals surface area contributed by atoms with Crippen LogP contribution in [0.2, 0.25) is 0 Å². The van der Waals surface area contributed by atoms with E-state index in [1.807, 2.05) is 24.3 Å². The summed E-state index contributed by atoms with van der Waals surface area (Å²) in [5.41, 5.74) is 1.85. The number of anilines is 1. The maximum Gasteiger partial charge on any atom is 0.216 e. The van der Waals surface area contributed by atoms with Gasteiger partial charge in [-0.2, -0.15) is 0 Å². The minimum atomic E-state index is -1.33. The quantitative estimate of drug-likeness (QED) is 0.735. The highest BCUT2D eigenvalue weighted by Gasteiger charge is 2.22. The van der Waals surface area contributed by atoms with Gasteiger partial charge in [-0.25, -0.2) is 0 Å². The second-order valence-corrected chi connectivity index (χ2v) is 5.50. The molecule has 0 heterocycles. The molecule has 0 radical (unpaired) electrons. The van der Waals surface area contributed by atoms with Gasteiger partial charge in [-0.3, -0.25) is 0 Å². The molecule has 0 saturated carbocycles. The Labute approximate surface area is 106 Å². The molecule has 0 saturated heterocycles. The molecule has 1 rings (SSSR count). The molecule has 0 N–H and O–H groups in total. The van der Waals surface area contributed by atoms with Crippen molar-refractivity contribution < 1.29 is 0 Å². The number of nitrogens with zero attached hydrogens (tertiary/aromatic N) is 1. The molecule has 0 spiro atoms. The summed E-state index contributed by atoms with van der Waals surface area (Å²) >= 11 is 17.3. The molecular weight excluding hydrogens is 252 g/mol. The van der Waals surface area contributed by atoms with E-state index in [2.05, 4.69) is 18.7 Å². The van der Waals surface area contributed by atoms with Crippen molar-refractivity contribution in [1.82, 2.24) is 0 Å². The molecule has 0 unspecified atom stereocenters. The molecule has 0 aliphatic rings. The van der Waals surface area contributed by atoms with Gasteiger partial charge in [-0.15, -0.1) is 0 Å². The van der Waals surface area contributed by atoms with E-state index in [1.54, 1.807) is 0 Å². The van der Waals surface area contributed by atoms with Gasteiger partial charge in [0.1, 0.15) is 0 Å². The summed E-state index contributed by atoms with van der Waals surface area (Å²) in [6, 6.07) is 7.65. The maximum atomic E-state index is 5.78. The Hall–Kier alpha value is -0.110. The van der Waals surface area contributed by atoms with Crippen LogP contribution in [0.15, 0.2) is 24.3 Å². The fourth-order valence-corrected chi connectivity index (χ4v) is 1.83. The zero-order valence-corrected chi connectivity index (χ0v) is 11.1. The van der Waals surface area contributed by atoms with Crippen molar-refractivity contribution in [2.45, 2.75) is 17.6 Å².